The van der Waals surface area contributed by atoms with Gasteiger partial charge in [-0.3, -0.25) is 0 Å². The van der Waals surface area contributed by atoms with Crippen LogP contribution in [0.2, 0.25) is 5.02 Å². The van der Waals surface area contributed by atoms with Gasteiger partial charge in [-0.25, -0.2) is 4.39 Å². The summed E-state index contributed by atoms with van der Waals surface area (Å²) in [6.45, 7) is 0.296. The molecule has 0 amide bonds. The Hall–Kier alpha value is -1.86. The summed E-state index contributed by atoms with van der Waals surface area (Å²) in [5.41, 5.74) is 0.632. The molecule has 0 radical (unpaired) electrons. The zero-order valence-electron chi connectivity index (χ0n) is 12.1. The van der Waals surface area contributed by atoms with Crippen molar-refractivity contribution in [3.05, 3.63) is 23.0 Å². The smallest absolute Gasteiger partial charge is 0.244 e. The summed E-state index contributed by atoms with van der Waals surface area (Å²) in [6, 6.07) is 3.11. The monoisotopic (exact) mass is 327 g/mol. The Balaban J connectivity index is 1.91. The Morgan fingerprint density at radius 2 is 2.18 bits per heavy atom. The third-order valence-corrected chi connectivity index (χ3v) is 3.79. The second-order valence-corrected chi connectivity index (χ2v) is 5.35. The van der Waals surface area contributed by atoms with Crippen LogP contribution >= 0.6 is 11.6 Å². The fourth-order valence-corrected chi connectivity index (χ4v) is 2.71. The molecule has 1 aromatic carbocycles. The summed E-state index contributed by atoms with van der Waals surface area (Å²) >= 11 is 6.16. The summed E-state index contributed by atoms with van der Waals surface area (Å²) in [5.74, 6) is 1.64. The molecule has 1 aromatic heterocycles. The Labute approximate surface area is 131 Å². The highest BCUT2D eigenvalue weighted by molar-refractivity contribution is 6.32. The van der Waals surface area contributed by atoms with Crippen molar-refractivity contribution in [2.45, 2.75) is 18.6 Å². The Bertz CT molecular complexity index is 679. The lowest BCUT2D eigenvalue weighted by atomic mass is 10.2. The van der Waals surface area contributed by atoms with E-state index in [0.717, 1.165) is 0 Å². The summed E-state index contributed by atoms with van der Waals surface area (Å²) in [6.07, 6.45) is -0.565. The molecule has 6 nitrogen and oxygen atoms in total. The van der Waals surface area contributed by atoms with E-state index >= 15 is 0 Å². The maximum atomic E-state index is 13.2. The number of nitrogens with one attached hydrogen (secondary N) is 1. The second-order valence-electron chi connectivity index (χ2n) is 4.94. The van der Waals surface area contributed by atoms with Crippen molar-refractivity contribution in [3.8, 4) is 22.9 Å². The average molecular weight is 328 g/mol. The molecule has 118 valence electrons. The molecule has 22 heavy (non-hydrogen) atoms. The number of aromatic nitrogens is 2. The number of rotatable bonds is 4. The second kappa shape index (κ2) is 6.10. The van der Waals surface area contributed by atoms with E-state index in [1.807, 2.05) is 0 Å². The molecule has 1 fully saturated rings. The summed E-state index contributed by atoms with van der Waals surface area (Å²) in [5, 5.41) is 7.30. The van der Waals surface area contributed by atoms with Crippen LogP contribution < -0.4 is 14.8 Å². The van der Waals surface area contributed by atoms with Gasteiger partial charge in [0.15, 0.2) is 11.5 Å². The number of ether oxygens (including phenoxy) is 2. The van der Waals surface area contributed by atoms with Crippen LogP contribution in [0.15, 0.2) is 16.7 Å². The first-order valence-corrected chi connectivity index (χ1v) is 7.13. The van der Waals surface area contributed by atoms with Crippen molar-refractivity contribution in [2.24, 2.45) is 0 Å². The third-order valence-electron chi connectivity index (χ3n) is 3.51. The molecule has 3 rings (SSSR count). The van der Waals surface area contributed by atoms with E-state index in [1.54, 1.807) is 12.1 Å². The van der Waals surface area contributed by atoms with E-state index in [0.29, 0.717) is 46.8 Å². The molecule has 0 bridgehead atoms. The first-order chi connectivity index (χ1) is 10.6. The molecule has 8 heteroatoms. The van der Waals surface area contributed by atoms with E-state index in [9.17, 15) is 4.39 Å². The number of nitrogens with zero attached hydrogens (tertiary/aromatic N) is 2. The number of hydrogen-bond acceptors (Lipinski definition) is 6. The third kappa shape index (κ3) is 2.74. The van der Waals surface area contributed by atoms with Gasteiger partial charge >= 0.3 is 0 Å². The first-order valence-electron chi connectivity index (χ1n) is 6.75. The van der Waals surface area contributed by atoms with Crippen molar-refractivity contribution in [1.82, 2.24) is 15.5 Å². The largest absolute Gasteiger partial charge is 0.493 e. The predicted octanol–water partition coefficient (Wildman–Crippen LogP) is 2.78. The number of hydrogen-bond donors (Lipinski definition) is 1. The van der Waals surface area contributed by atoms with Gasteiger partial charge in [0.25, 0.3) is 0 Å². The van der Waals surface area contributed by atoms with Gasteiger partial charge in [-0.05, 0) is 12.1 Å². The normalized spacial score (nSPS) is 21.1. The van der Waals surface area contributed by atoms with E-state index in [2.05, 4.69) is 15.5 Å². The highest BCUT2D eigenvalue weighted by Crippen LogP contribution is 2.38. The van der Waals surface area contributed by atoms with Crippen LogP contribution in [0.3, 0.4) is 0 Å². The zero-order chi connectivity index (χ0) is 15.7. The molecule has 1 aliphatic rings. The molecule has 0 saturated carbocycles. The van der Waals surface area contributed by atoms with Crippen LogP contribution in [-0.2, 0) is 0 Å². The van der Waals surface area contributed by atoms with Crippen LogP contribution in [0.25, 0.3) is 11.4 Å². The van der Waals surface area contributed by atoms with Crippen molar-refractivity contribution in [3.63, 3.8) is 0 Å². The van der Waals surface area contributed by atoms with E-state index in [-0.39, 0.29) is 6.04 Å². The first kappa shape index (κ1) is 15.1. The lowest BCUT2D eigenvalue weighted by molar-refractivity contribution is 0.324. The highest BCUT2D eigenvalue weighted by atomic mass is 35.5. The van der Waals surface area contributed by atoms with Gasteiger partial charge in [0, 0.05) is 18.5 Å². The molecular formula is C14H15ClFN3O3. The summed E-state index contributed by atoms with van der Waals surface area (Å²) in [7, 11) is 3.03. The van der Waals surface area contributed by atoms with Crippen LogP contribution in [0.4, 0.5) is 4.39 Å². The molecule has 1 aliphatic heterocycles. The molecule has 1 saturated heterocycles. The van der Waals surface area contributed by atoms with Crippen LogP contribution in [0.5, 0.6) is 11.5 Å². The van der Waals surface area contributed by atoms with Crippen molar-refractivity contribution in [2.75, 3.05) is 20.8 Å². The van der Waals surface area contributed by atoms with Crippen molar-refractivity contribution in [1.29, 1.82) is 0 Å². The molecule has 0 unspecified atom stereocenters. The number of alkyl halides is 1. The standard InChI is InChI=1S/C14H15ClFN3O3/c1-20-11-4-7(3-9(15)12(11)21-2)13-18-14(22-19-13)10-5-8(16)6-17-10/h3-4,8,10,17H,5-6H2,1-2H3/t8-,10+/m0/s1. The maximum Gasteiger partial charge on any atom is 0.244 e. The molecule has 2 aromatic rings. The highest BCUT2D eigenvalue weighted by Gasteiger charge is 2.29. The van der Waals surface area contributed by atoms with Crippen LogP contribution in [0.1, 0.15) is 18.4 Å². The van der Waals surface area contributed by atoms with Gasteiger partial charge in [0.2, 0.25) is 11.7 Å². The van der Waals surface area contributed by atoms with Gasteiger partial charge in [0.1, 0.15) is 6.17 Å². The molecule has 2 atom stereocenters. The van der Waals surface area contributed by atoms with Crippen molar-refractivity contribution >= 4 is 11.6 Å². The van der Waals surface area contributed by atoms with E-state index in [4.69, 9.17) is 25.6 Å². The zero-order valence-corrected chi connectivity index (χ0v) is 12.9. The predicted molar refractivity (Wildman–Crippen MR) is 78.1 cm³/mol. The fourth-order valence-electron chi connectivity index (χ4n) is 2.42. The minimum Gasteiger partial charge on any atom is -0.493 e. The fraction of sp³-hybridized carbons (Fsp3) is 0.429. The Morgan fingerprint density at radius 3 is 2.82 bits per heavy atom. The summed E-state index contributed by atoms with van der Waals surface area (Å²) in [4.78, 5) is 4.31. The minimum atomic E-state index is -0.893. The van der Waals surface area contributed by atoms with E-state index < -0.39 is 6.17 Å². The average Bonchev–Trinajstić information content (AvgIpc) is 3.15. The van der Waals surface area contributed by atoms with Crippen molar-refractivity contribution < 1.29 is 18.4 Å². The molecule has 0 aliphatic carbocycles. The molecule has 0 spiro atoms. The quantitative estimate of drug-likeness (QED) is 0.931. The lowest BCUT2D eigenvalue weighted by Crippen LogP contribution is -2.14. The Morgan fingerprint density at radius 1 is 1.36 bits per heavy atom. The van der Waals surface area contributed by atoms with Crippen LogP contribution in [-0.4, -0.2) is 37.1 Å². The van der Waals surface area contributed by atoms with Crippen LogP contribution in [0, 0.1) is 0 Å². The number of methoxy groups -OCH3 is 2. The van der Waals surface area contributed by atoms with Gasteiger partial charge < -0.3 is 19.3 Å². The molecule has 2 heterocycles. The van der Waals surface area contributed by atoms with Gasteiger partial charge in [-0.15, -0.1) is 0 Å². The topological polar surface area (TPSA) is 69.4 Å². The van der Waals surface area contributed by atoms with Gasteiger partial charge in [-0.1, -0.05) is 16.8 Å². The molecule has 1 N–H and O–H groups in total. The number of halogens is 2. The lowest BCUT2D eigenvalue weighted by Gasteiger charge is -2.10. The van der Waals surface area contributed by atoms with Gasteiger partial charge in [-0.2, -0.15) is 4.98 Å². The minimum absolute atomic E-state index is 0.258. The number of benzene rings is 1. The summed E-state index contributed by atoms with van der Waals surface area (Å²) < 4.78 is 28.9. The van der Waals surface area contributed by atoms with E-state index in [1.165, 1.54) is 14.2 Å². The Kier molecular flexibility index (Phi) is 4.17. The van der Waals surface area contributed by atoms with Gasteiger partial charge in [0.05, 0.1) is 25.3 Å². The molecular weight excluding hydrogens is 313 g/mol. The SMILES string of the molecule is COc1cc(-c2noc([C@H]3C[C@H](F)CN3)n2)cc(Cl)c1OC. The maximum absolute atomic E-state index is 13.2.